The molecular formula is C4H4O12. The van der Waals surface area contributed by atoms with Gasteiger partial charge in [-0.1, -0.05) is 0 Å². The average molecular weight is 244 g/mol. The van der Waals surface area contributed by atoms with Crippen LogP contribution in [0.15, 0.2) is 0 Å². The summed E-state index contributed by atoms with van der Waals surface area (Å²) in [6.45, 7) is 0. The predicted octanol–water partition coefficient (Wildman–Crippen LogP) is 0.581. The highest BCUT2D eigenvalue weighted by Gasteiger charge is 2.02. The van der Waals surface area contributed by atoms with E-state index in [1.54, 1.807) is 0 Å². The number of hydrogen-bond acceptors (Lipinski definition) is 8. The van der Waals surface area contributed by atoms with Crippen molar-refractivity contribution in [1.29, 1.82) is 0 Å². The molecule has 16 heavy (non-hydrogen) atoms. The first-order valence-corrected chi connectivity index (χ1v) is 2.86. The van der Waals surface area contributed by atoms with Crippen molar-refractivity contribution in [3.63, 3.8) is 0 Å². The lowest BCUT2D eigenvalue weighted by molar-refractivity contribution is -0.208. The van der Waals surface area contributed by atoms with Gasteiger partial charge in [0.05, 0.1) is 0 Å². The summed E-state index contributed by atoms with van der Waals surface area (Å²) in [6.07, 6.45) is -7.19. The molecule has 0 atom stereocenters. The summed E-state index contributed by atoms with van der Waals surface area (Å²) in [6, 6.07) is 0. The van der Waals surface area contributed by atoms with Gasteiger partial charge < -0.3 is 20.4 Å². The Morgan fingerprint density at radius 1 is 0.500 bits per heavy atom. The van der Waals surface area contributed by atoms with Crippen molar-refractivity contribution in [2.45, 2.75) is 0 Å². The zero-order valence-corrected chi connectivity index (χ0v) is 7.05. The standard InChI is InChI=1S/2C2H2O6/c2*3-1(4)7-8-2(5)6/h2*(H,3,4)(H,5,6). The predicted molar refractivity (Wildman–Crippen MR) is 36.4 cm³/mol. The Morgan fingerprint density at radius 3 is 0.688 bits per heavy atom. The first-order chi connectivity index (χ1) is 7.25. The van der Waals surface area contributed by atoms with Gasteiger partial charge in [0.15, 0.2) is 0 Å². The van der Waals surface area contributed by atoms with Gasteiger partial charge in [-0.2, -0.15) is 0 Å². The van der Waals surface area contributed by atoms with Crippen LogP contribution in [0.5, 0.6) is 0 Å². The quantitative estimate of drug-likeness (QED) is 0.343. The van der Waals surface area contributed by atoms with Crippen LogP contribution in [0.3, 0.4) is 0 Å². The second-order valence-corrected chi connectivity index (χ2v) is 1.40. The van der Waals surface area contributed by atoms with Crippen LogP contribution >= 0.6 is 0 Å². The molecule has 0 rings (SSSR count). The molecule has 0 amide bonds. The molecule has 4 N–H and O–H groups in total. The fraction of sp³-hybridized carbons (Fsp3) is 0. The molecule has 12 heteroatoms. The van der Waals surface area contributed by atoms with Gasteiger partial charge in [-0.05, 0) is 0 Å². The molecule has 0 aromatic carbocycles. The third kappa shape index (κ3) is 22.5. The first-order valence-electron chi connectivity index (χ1n) is 2.86. The Kier molecular flexibility index (Phi) is 8.42. The van der Waals surface area contributed by atoms with Crippen molar-refractivity contribution in [1.82, 2.24) is 0 Å². The van der Waals surface area contributed by atoms with Gasteiger partial charge in [0.2, 0.25) is 0 Å². The van der Waals surface area contributed by atoms with Crippen LogP contribution in [0.4, 0.5) is 19.2 Å². The Balaban J connectivity index is 0. The van der Waals surface area contributed by atoms with Crippen LogP contribution in [0.25, 0.3) is 0 Å². The summed E-state index contributed by atoms with van der Waals surface area (Å²) >= 11 is 0. The zero-order chi connectivity index (χ0) is 13.1. The van der Waals surface area contributed by atoms with Crippen LogP contribution in [-0.2, 0) is 19.6 Å². The van der Waals surface area contributed by atoms with Crippen molar-refractivity contribution >= 4 is 24.6 Å². The molecule has 0 aliphatic heterocycles. The summed E-state index contributed by atoms with van der Waals surface area (Å²) in [7, 11) is 0. The topological polar surface area (TPSA) is 186 Å². The van der Waals surface area contributed by atoms with Crippen LogP contribution < -0.4 is 0 Å². The van der Waals surface area contributed by atoms with Gasteiger partial charge >= 0.3 is 24.6 Å². The van der Waals surface area contributed by atoms with Gasteiger partial charge in [-0.3, -0.25) is 0 Å². The monoisotopic (exact) mass is 244 g/mol. The maximum absolute atomic E-state index is 9.29. The number of hydrogen-bond donors (Lipinski definition) is 4. The summed E-state index contributed by atoms with van der Waals surface area (Å²) < 4.78 is 0. The van der Waals surface area contributed by atoms with E-state index in [-0.39, 0.29) is 0 Å². The van der Waals surface area contributed by atoms with Gasteiger partial charge in [0.25, 0.3) is 0 Å². The summed E-state index contributed by atoms with van der Waals surface area (Å²) in [5, 5.41) is 30.2. The fourth-order valence-corrected chi connectivity index (χ4v) is 0.143. The van der Waals surface area contributed by atoms with E-state index in [4.69, 9.17) is 20.4 Å². The van der Waals surface area contributed by atoms with E-state index in [0.29, 0.717) is 0 Å². The van der Waals surface area contributed by atoms with Gasteiger partial charge in [-0.25, -0.2) is 38.7 Å². The molecule has 0 aliphatic carbocycles. The molecule has 92 valence electrons. The van der Waals surface area contributed by atoms with Crippen LogP contribution in [-0.4, -0.2) is 45.0 Å². The molecule has 0 bridgehead atoms. The van der Waals surface area contributed by atoms with Crippen molar-refractivity contribution < 1.29 is 59.2 Å². The third-order valence-corrected chi connectivity index (χ3v) is 0.368. The largest absolute Gasteiger partial charge is 0.547 e. The van der Waals surface area contributed by atoms with Gasteiger partial charge in [-0.15, -0.1) is 0 Å². The smallest absolute Gasteiger partial charge is 0.447 e. The number of carbonyl (C=O) groups is 4. The number of carboxylic acid groups (broad SMARTS) is 4. The Bertz CT molecular complexity index is 210. The normalized spacial score (nSPS) is 7.50. The second-order valence-electron chi connectivity index (χ2n) is 1.40. The lowest BCUT2D eigenvalue weighted by atomic mass is 11.4. The number of rotatable bonds is 0. The molecule has 12 nitrogen and oxygen atoms in total. The van der Waals surface area contributed by atoms with E-state index in [0.717, 1.165) is 0 Å². The molecule has 0 aliphatic rings. The summed E-state index contributed by atoms with van der Waals surface area (Å²) in [4.78, 5) is 49.7. The molecular weight excluding hydrogens is 240 g/mol. The first kappa shape index (κ1) is 15.5. The maximum Gasteiger partial charge on any atom is 0.547 e. The molecule has 0 saturated carbocycles. The lowest BCUT2D eigenvalue weighted by Gasteiger charge is -1.89. The zero-order valence-electron chi connectivity index (χ0n) is 7.05. The molecule has 0 fully saturated rings. The molecule has 0 unspecified atom stereocenters. The SMILES string of the molecule is O=C(O)OOC(=O)O.O=C(O)OOC(=O)O. The minimum atomic E-state index is -1.80. The fourth-order valence-electron chi connectivity index (χ4n) is 0.143. The van der Waals surface area contributed by atoms with E-state index in [9.17, 15) is 19.2 Å². The highest BCUT2D eigenvalue weighted by atomic mass is 17.3. The van der Waals surface area contributed by atoms with Gasteiger partial charge in [0.1, 0.15) is 0 Å². The van der Waals surface area contributed by atoms with Crippen LogP contribution in [0, 0.1) is 0 Å². The highest BCUT2D eigenvalue weighted by molar-refractivity contribution is 5.60. The minimum Gasteiger partial charge on any atom is -0.447 e. The molecule has 0 radical (unpaired) electrons. The van der Waals surface area contributed by atoms with Crippen molar-refractivity contribution in [2.24, 2.45) is 0 Å². The van der Waals surface area contributed by atoms with Crippen molar-refractivity contribution in [3.8, 4) is 0 Å². The van der Waals surface area contributed by atoms with E-state index in [1.807, 2.05) is 0 Å². The van der Waals surface area contributed by atoms with Crippen molar-refractivity contribution in [3.05, 3.63) is 0 Å². The van der Waals surface area contributed by atoms with E-state index in [2.05, 4.69) is 19.6 Å². The molecule has 0 spiro atoms. The lowest BCUT2D eigenvalue weighted by Crippen LogP contribution is -2.05. The summed E-state index contributed by atoms with van der Waals surface area (Å²) in [5.41, 5.74) is 0. The van der Waals surface area contributed by atoms with E-state index in [1.165, 1.54) is 0 Å². The third-order valence-electron chi connectivity index (χ3n) is 0.368. The van der Waals surface area contributed by atoms with E-state index < -0.39 is 24.6 Å². The van der Waals surface area contributed by atoms with Crippen molar-refractivity contribution in [2.75, 3.05) is 0 Å². The molecule has 0 saturated heterocycles. The second kappa shape index (κ2) is 8.67. The minimum absolute atomic E-state index is 1.80. The van der Waals surface area contributed by atoms with E-state index >= 15 is 0 Å². The summed E-state index contributed by atoms with van der Waals surface area (Å²) in [5.74, 6) is 0. The Morgan fingerprint density at radius 2 is 0.625 bits per heavy atom. The van der Waals surface area contributed by atoms with Crippen LogP contribution in [0.2, 0.25) is 0 Å². The average Bonchev–Trinajstić information content (AvgIpc) is 2.12. The Labute approximate surface area is 85.0 Å². The highest BCUT2D eigenvalue weighted by Crippen LogP contribution is 1.79. The maximum atomic E-state index is 9.29. The van der Waals surface area contributed by atoms with Crippen LogP contribution in [0.1, 0.15) is 0 Å². The molecule has 0 aromatic rings. The van der Waals surface area contributed by atoms with Gasteiger partial charge in [0, 0.05) is 0 Å². The molecule has 0 aromatic heterocycles. The Hall–Kier alpha value is -2.92. The molecule has 0 heterocycles.